The van der Waals surface area contributed by atoms with Crippen molar-refractivity contribution >= 4 is 21.6 Å². The van der Waals surface area contributed by atoms with E-state index in [0.717, 1.165) is 12.8 Å². The van der Waals surface area contributed by atoms with Crippen molar-refractivity contribution in [2.75, 3.05) is 13.6 Å². The Morgan fingerprint density at radius 1 is 1.39 bits per heavy atom. The maximum absolute atomic E-state index is 12.4. The van der Waals surface area contributed by atoms with Crippen LogP contribution in [0.15, 0.2) is 29.2 Å². The molecule has 4 nitrogen and oxygen atoms in total. The van der Waals surface area contributed by atoms with Gasteiger partial charge in [0.25, 0.3) is 0 Å². The zero-order valence-electron chi connectivity index (χ0n) is 10.2. The molecule has 18 heavy (non-hydrogen) atoms. The van der Waals surface area contributed by atoms with E-state index in [2.05, 4.69) is 0 Å². The summed E-state index contributed by atoms with van der Waals surface area (Å²) in [5.74, 6) is 0.405. The Bertz CT molecular complexity index is 511. The second-order valence-electron chi connectivity index (χ2n) is 4.62. The third-order valence-corrected chi connectivity index (χ3v) is 5.51. The summed E-state index contributed by atoms with van der Waals surface area (Å²) in [4.78, 5) is 0.258. The number of halogens is 1. The highest BCUT2D eigenvalue weighted by atomic mass is 35.5. The van der Waals surface area contributed by atoms with E-state index in [4.69, 9.17) is 17.3 Å². The molecule has 0 heterocycles. The number of nitrogens with two attached hydrogens (primary N) is 1. The van der Waals surface area contributed by atoms with Crippen LogP contribution in [0.2, 0.25) is 5.02 Å². The highest BCUT2D eigenvalue weighted by Gasteiger charge is 2.37. The van der Waals surface area contributed by atoms with Gasteiger partial charge in [0.05, 0.1) is 4.90 Å². The minimum atomic E-state index is -3.48. The number of hydrogen-bond donors (Lipinski definition) is 1. The molecule has 0 saturated heterocycles. The van der Waals surface area contributed by atoms with E-state index >= 15 is 0 Å². The molecule has 6 heteroatoms. The van der Waals surface area contributed by atoms with Crippen LogP contribution in [0.4, 0.5) is 0 Å². The van der Waals surface area contributed by atoms with E-state index in [9.17, 15) is 8.42 Å². The summed E-state index contributed by atoms with van der Waals surface area (Å²) in [6.45, 7) is 0.355. The lowest BCUT2D eigenvalue weighted by Crippen LogP contribution is -2.43. The number of benzene rings is 1. The summed E-state index contributed by atoms with van der Waals surface area (Å²) in [5, 5.41) is 0.522. The maximum Gasteiger partial charge on any atom is 0.243 e. The van der Waals surface area contributed by atoms with E-state index in [1.807, 2.05) is 0 Å². The first-order valence-electron chi connectivity index (χ1n) is 5.90. The molecule has 1 saturated carbocycles. The lowest BCUT2D eigenvalue weighted by molar-refractivity contribution is 0.340. The monoisotopic (exact) mass is 288 g/mol. The number of likely N-dealkylation sites (N-methyl/N-ethyl adjacent to an activating group) is 1. The third-order valence-electron chi connectivity index (χ3n) is 3.37. The van der Waals surface area contributed by atoms with Gasteiger partial charge < -0.3 is 5.73 Å². The summed E-state index contributed by atoms with van der Waals surface area (Å²) in [7, 11) is -1.88. The molecule has 1 aliphatic carbocycles. The third kappa shape index (κ3) is 2.69. The van der Waals surface area contributed by atoms with Gasteiger partial charge in [0.2, 0.25) is 10.0 Å². The van der Waals surface area contributed by atoms with Crippen LogP contribution in [0, 0.1) is 5.92 Å². The zero-order chi connectivity index (χ0) is 13.3. The van der Waals surface area contributed by atoms with Gasteiger partial charge in [0, 0.05) is 24.7 Å². The molecule has 2 rings (SSSR count). The Hall–Kier alpha value is -0.620. The molecule has 0 bridgehead atoms. The standard InChI is InChI=1S/C12H17ClN2O2S/c1-15(12(8-14)9-2-3-9)18(16,17)11-6-4-10(13)5-7-11/h4-7,9,12H,2-3,8,14H2,1H3. The van der Waals surface area contributed by atoms with Gasteiger partial charge in [-0.3, -0.25) is 0 Å². The van der Waals surface area contributed by atoms with Crippen molar-refractivity contribution < 1.29 is 8.42 Å². The van der Waals surface area contributed by atoms with Crippen LogP contribution < -0.4 is 5.73 Å². The lowest BCUT2D eigenvalue weighted by atomic mass is 10.2. The van der Waals surface area contributed by atoms with Gasteiger partial charge in [-0.15, -0.1) is 0 Å². The molecule has 1 aromatic rings. The van der Waals surface area contributed by atoms with Gasteiger partial charge in [0.15, 0.2) is 0 Å². The van der Waals surface area contributed by atoms with Gasteiger partial charge in [0.1, 0.15) is 0 Å². The number of nitrogens with zero attached hydrogens (tertiary/aromatic N) is 1. The first kappa shape index (κ1) is 13.8. The van der Waals surface area contributed by atoms with E-state index < -0.39 is 10.0 Å². The molecule has 0 aromatic heterocycles. The lowest BCUT2D eigenvalue weighted by Gasteiger charge is -2.26. The van der Waals surface area contributed by atoms with Crippen molar-refractivity contribution in [2.45, 2.75) is 23.8 Å². The van der Waals surface area contributed by atoms with Crippen molar-refractivity contribution in [1.82, 2.24) is 4.31 Å². The molecular formula is C12H17ClN2O2S. The second-order valence-corrected chi connectivity index (χ2v) is 7.05. The highest BCUT2D eigenvalue weighted by molar-refractivity contribution is 7.89. The first-order chi connectivity index (χ1) is 8.46. The Labute approximate surface area is 113 Å². The van der Waals surface area contributed by atoms with Crippen LogP contribution in [0.25, 0.3) is 0 Å². The smallest absolute Gasteiger partial charge is 0.243 e. The van der Waals surface area contributed by atoms with Crippen molar-refractivity contribution in [3.8, 4) is 0 Å². The van der Waals surface area contributed by atoms with Crippen LogP contribution in [0.3, 0.4) is 0 Å². The van der Waals surface area contributed by atoms with Crippen molar-refractivity contribution in [3.63, 3.8) is 0 Å². The Balaban J connectivity index is 2.26. The van der Waals surface area contributed by atoms with Crippen LogP contribution in [-0.4, -0.2) is 32.4 Å². The summed E-state index contributed by atoms with van der Waals surface area (Å²) in [5.41, 5.74) is 5.69. The number of hydrogen-bond acceptors (Lipinski definition) is 3. The van der Waals surface area contributed by atoms with Gasteiger partial charge in [-0.2, -0.15) is 4.31 Å². The summed E-state index contributed by atoms with van der Waals surface area (Å²) in [6.07, 6.45) is 2.12. The van der Waals surface area contributed by atoms with E-state index in [1.165, 1.54) is 16.4 Å². The quantitative estimate of drug-likeness (QED) is 0.897. The minimum absolute atomic E-state index is 0.106. The van der Waals surface area contributed by atoms with Crippen molar-refractivity contribution in [3.05, 3.63) is 29.3 Å². The fraction of sp³-hybridized carbons (Fsp3) is 0.500. The predicted molar refractivity (Wildman–Crippen MR) is 72.0 cm³/mol. The molecule has 0 amide bonds. The molecule has 1 atom stereocenters. The molecule has 0 aliphatic heterocycles. The first-order valence-corrected chi connectivity index (χ1v) is 7.72. The van der Waals surface area contributed by atoms with Crippen LogP contribution >= 0.6 is 11.6 Å². The average Bonchev–Trinajstić information content (AvgIpc) is 3.15. The molecule has 2 N–H and O–H groups in total. The largest absolute Gasteiger partial charge is 0.329 e. The second kappa shape index (κ2) is 5.17. The highest BCUT2D eigenvalue weighted by Crippen LogP contribution is 2.36. The molecular weight excluding hydrogens is 272 g/mol. The van der Waals surface area contributed by atoms with E-state index in [-0.39, 0.29) is 10.9 Å². The summed E-state index contributed by atoms with van der Waals surface area (Å²) >= 11 is 5.76. The average molecular weight is 289 g/mol. The Kier molecular flexibility index (Phi) is 3.96. The minimum Gasteiger partial charge on any atom is -0.329 e. The van der Waals surface area contributed by atoms with E-state index in [0.29, 0.717) is 17.5 Å². The van der Waals surface area contributed by atoms with Crippen LogP contribution in [0.1, 0.15) is 12.8 Å². The van der Waals surface area contributed by atoms with Crippen LogP contribution in [-0.2, 0) is 10.0 Å². The fourth-order valence-electron chi connectivity index (χ4n) is 2.07. The van der Waals surface area contributed by atoms with Crippen molar-refractivity contribution in [1.29, 1.82) is 0 Å². The SMILES string of the molecule is CN(C(CN)C1CC1)S(=O)(=O)c1ccc(Cl)cc1. The Morgan fingerprint density at radius 2 is 1.94 bits per heavy atom. The predicted octanol–water partition coefficient (Wildman–Crippen LogP) is 1.70. The van der Waals surface area contributed by atoms with Gasteiger partial charge in [-0.1, -0.05) is 11.6 Å². The number of sulfonamides is 1. The topological polar surface area (TPSA) is 63.4 Å². The fourth-order valence-corrected chi connectivity index (χ4v) is 3.62. The number of rotatable bonds is 5. The van der Waals surface area contributed by atoms with Gasteiger partial charge in [-0.05, 0) is 43.0 Å². The molecule has 0 radical (unpaired) electrons. The molecule has 1 aromatic carbocycles. The van der Waals surface area contributed by atoms with Gasteiger partial charge in [-0.25, -0.2) is 8.42 Å². The van der Waals surface area contributed by atoms with Crippen molar-refractivity contribution in [2.24, 2.45) is 11.7 Å². The van der Waals surface area contributed by atoms with Crippen LogP contribution in [0.5, 0.6) is 0 Å². The normalized spacial score (nSPS) is 18.0. The molecule has 100 valence electrons. The molecule has 1 unspecified atom stereocenters. The molecule has 0 spiro atoms. The summed E-state index contributed by atoms with van der Waals surface area (Å²) in [6, 6.07) is 6.10. The molecule has 1 aliphatic rings. The Morgan fingerprint density at radius 3 is 2.39 bits per heavy atom. The maximum atomic E-state index is 12.4. The zero-order valence-corrected chi connectivity index (χ0v) is 11.8. The van der Waals surface area contributed by atoms with Gasteiger partial charge >= 0.3 is 0 Å². The van der Waals surface area contributed by atoms with E-state index in [1.54, 1.807) is 19.2 Å². The molecule has 1 fully saturated rings. The summed E-state index contributed by atoms with van der Waals surface area (Å²) < 4.78 is 26.2.